The third-order valence-corrected chi connectivity index (χ3v) is 5.83. The van der Waals surface area contributed by atoms with Gasteiger partial charge in [0.05, 0.1) is 0 Å². The molecule has 1 unspecified atom stereocenters. The zero-order valence-electron chi connectivity index (χ0n) is 19.8. The van der Waals surface area contributed by atoms with Crippen LogP contribution in [0.4, 0.5) is 4.79 Å². The molecule has 7 heteroatoms. The van der Waals surface area contributed by atoms with Gasteiger partial charge in [-0.1, -0.05) is 69.3 Å². The van der Waals surface area contributed by atoms with Crippen molar-refractivity contribution in [1.29, 1.82) is 0 Å². The Kier molecular flexibility index (Phi) is 7.62. The number of rotatable bonds is 7. The van der Waals surface area contributed by atoms with Crippen molar-refractivity contribution >= 4 is 18.0 Å². The van der Waals surface area contributed by atoms with E-state index in [2.05, 4.69) is 22.5 Å². The summed E-state index contributed by atoms with van der Waals surface area (Å²) < 4.78 is 5.53. The number of carboxylic acids is 1. The number of ether oxygens (including phenoxy) is 1. The minimum atomic E-state index is -1.15. The summed E-state index contributed by atoms with van der Waals surface area (Å²) in [6.07, 6.45) is -0.731. The van der Waals surface area contributed by atoms with E-state index in [9.17, 15) is 19.5 Å². The third-order valence-electron chi connectivity index (χ3n) is 5.83. The predicted octanol–water partition coefficient (Wildman–Crippen LogP) is 3.92. The van der Waals surface area contributed by atoms with Crippen molar-refractivity contribution in [2.45, 2.75) is 52.1 Å². The van der Waals surface area contributed by atoms with Gasteiger partial charge in [-0.15, -0.1) is 11.8 Å². The first-order valence-corrected chi connectivity index (χ1v) is 11.2. The molecule has 2 aromatic carbocycles. The topological polar surface area (TPSA) is 105 Å². The SMILES string of the molecule is CC#CCC(NC(=O)OCC1c2ccccc2-c2ccccc21)C(=O)N[C@@H](C(=O)O)C(C)(C)C. The molecule has 7 nitrogen and oxygen atoms in total. The Bertz CT molecular complexity index is 1090. The molecule has 0 aromatic heterocycles. The molecule has 3 N–H and O–H groups in total. The highest BCUT2D eigenvalue weighted by Crippen LogP contribution is 2.44. The van der Waals surface area contributed by atoms with Crippen LogP contribution in [0, 0.1) is 17.3 Å². The Balaban J connectivity index is 1.69. The van der Waals surface area contributed by atoms with Gasteiger partial charge in [-0.2, -0.15) is 0 Å². The first kappa shape index (κ1) is 24.8. The number of alkyl carbamates (subject to hydrolysis) is 1. The van der Waals surface area contributed by atoms with Crippen molar-refractivity contribution in [3.63, 3.8) is 0 Å². The molecule has 1 aliphatic carbocycles. The summed E-state index contributed by atoms with van der Waals surface area (Å²) in [4.78, 5) is 37.1. The summed E-state index contributed by atoms with van der Waals surface area (Å²) >= 11 is 0. The number of nitrogens with one attached hydrogen (secondary N) is 2. The molecule has 0 saturated carbocycles. The fourth-order valence-electron chi connectivity index (χ4n) is 4.09. The second-order valence-corrected chi connectivity index (χ2v) is 9.30. The van der Waals surface area contributed by atoms with Crippen LogP contribution in [-0.2, 0) is 14.3 Å². The molecule has 0 aliphatic heterocycles. The van der Waals surface area contributed by atoms with E-state index < -0.39 is 35.5 Å². The molecule has 2 atom stereocenters. The minimum absolute atomic E-state index is 0.0308. The second-order valence-electron chi connectivity index (χ2n) is 9.30. The van der Waals surface area contributed by atoms with Crippen molar-refractivity contribution in [2.24, 2.45) is 5.41 Å². The number of aliphatic carboxylic acids is 1. The van der Waals surface area contributed by atoms with Crippen molar-refractivity contribution < 1.29 is 24.2 Å². The Morgan fingerprint density at radius 2 is 1.56 bits per heavy atom. The average Bonchev–Trinajstić information content (AvgIpc) is 3.11. The first-order chi connectivity index (χ1) is 16.1. The molecule has 0 fully saturated rings. The molecular weight excluding hydrogens is 432 g/mol. The molecular formula is C27H30N2O5. The fourth-order valence-corrected chi connectivity index (χ4v) is 4.09. The van der Waals surface area contributed by atoms with E-state index in [0.29, 0.717) is 0 Å². The summed E-state index contributed by atoms with van der Waals surface area (Å²) in [7, 11) is 0. The highest BCUT2D eigenvalue weighted by molar-refractivity contribution is 5.90. The number of hydrogen-bond acceptors (Lipinski definition) is 4. The van der Waals surface area contributed by atoms with Crippen LogP contribution >= 0.6 is 0 Å². The molecule has 2 amide bonds. The highest BCUT2D eigenvalue weighted by Gasteiger charge is 2.35. The maximum Gasteiger partial charge on any atom is 0.407 e. The predicted molar refractivity (Wildman–Crippen MR) is 129 cm³/mol. The van der Waals surface area contributed by atoms with Gasteiger partial charge in [-0.3, -0.25) is 4.79 Å². The van der Waals surface area contributed by atoms with Gasteiger partial charge in [-0.25, -0.2) is 9.59 Å². The molecule has 0 bridgehead atoms. The summed E-state index contributed by atoms with van der Waals surface area (Å²) in [5.74, 6) is 3.57. The smallest absolute Gasteiger partial charge is 0.407 e. The number of carbonyl (C=O) groups excluding carboxylic acids is 2. The number of hydrogen-bond donors (Lipinski definition) is 3. The molecule has 0 spiro atoms. The Morgan fingerprint density at radius 3 is 2.06 bits per heavy atom. The highest BCUT2D eigenvalue weighted by atomic mass is 16.5. The first-order valence-electron chi connectivity index (χ1n) is 11.2. The third kappa shape index (κ3) is 5.57. The quantitative estimate of drug-likeness (QED) is 0.541. The van der Waals surface area contributed by atoms with Crippen LogP contribution in [0.15, 0.2) is 48.5 Å². The Labute approximate surface area is 199 Å². The van der Waals surface area contributed by atoms with Crippen LogP contribution in [0.5, 0.6) is 0 Å². The Morgan fingerprint density at radius 1 is 1.00 bits per heavy atom. The monoisotopic (exact) mass is 462 g/mol. The molecule has 0 radical (unpaired) electrons. The van der Waals surface area contributed by atoms with E-state index in [1.165, 1.54) is 0 Å². The van der Waals surface area contributed by atoms with E-state index >= 15 is 0 Å². The van der Waals surface area contributed by atoms with Gasteiger partial charge < -0.3 is 20.5 Å². The molecule has 34 heavy (non-hydrogen) atoms. The number of carboxylic acid groups (broad SMARTS) is 1. The van der Waals surface area contributed by atoms with Crippen LogP contribution in [0.1, 0.15) is 51.2 Å². The zero-order valence-corrected chi connectivity index (χ0v) is 19.8. The lowest BCUT2D eigenvalue weighted by Crippen LogP contribution is -2.55. The molecule has 0 saturated heterocycles. The van der Waals surface area contributed by atoms with Crippen molar-refractivity contribution in [2.75, 3.05) is 6.61 Å². The molecule has 178 valence electrons. The summed E-state index contributed by atoms with van der Waals surface area (Å²) in [6.45, 7) is 6.87. The lowest BCUT2D eigenvalue weighted by molar-refractivity contribution is -0.145. The molecule has 0 heterocycles. The molecule has 2 aromatic rings. The van der Waals surface area contributed by atoms with Crippen molar-refractivity contribution in [3.8, 4) is 23.0 Å². The standard InChI is InChI=1S/C27H30N2O5/c1-5-6-15-22(24(30)29-23(25(31)32)27(2,3)4)28-26(33)34-16-21-19-13-9-7-11-17(19)18-12-8-10-14-20(18)21/h7-14,21-23H,15-16H2,1-4H3,(H,28,33)(H,29,30)(H,31,32)/t22?,23-/m0/s1. The van der Waals surface area contributed by atoms with Gasteiger partial charge in [-0.05, 0) is 34.6 Å². The lowest BCUT2D eigenvalue weighted by Gasteiger charge is -2.29. The van der Waals surface area contributed by atoms with E-state index in [0.717, 1.165) is 22.3 Å². The van der Waals surface area contributed by atoms with Gasteiger partial charge in [0.1, 0.15) is 18.7 Å². The van der Waals surface area contributed by atoms with E-state index in [1.807, 2.05) is 48.5 Å². The largest absolute Gasteiger partial charge is 0.480 e. The van der Waals surface area contributed by atoms with E-state index in [-0.39, 0.29) is 18.9 Å². The van der Waals surface area contributed by atoms with Crippen LogP contribution in [0.3, 0.4) is 0 Å². The summed E-state index contributed by atoms with van der Waals surface area (Å²) in [6, 6.07) is 13.8. The van der Waals surface area contributed by atoms with Gasteiger partial charge in [0, 0.05) is 12.3 Å². The van der Waals surface area contributed by atoms with Crippen LogP contribution in [-0.4, -0.2) is 41.8 Å². The second kappa shape index (κ2) is 10.4. The van der Waals surface area contributed by atoms with Gasteiger partial charge in [0.25, 0.3) is 0 Å². The number of carbonyl (C=O) groups is 3. The minimum Gasteiger partial charge on any atom is -0.480 e. The van der Waals surface area contributed by atoms with Gasteiger partial charge in [0.15, 0.2) is 0 Å². The van der Waals surface area contributed by atoms with Crippen molar-refractivity contribution in [1.82, 2.24) is 10.6 Å². The maximum absolute atomic E-state index is 12.8. The van der Waals surface area contributed by atoms with Crippen LogP contribution < -0.4 is 10.6 Å². The average molecular weight is 463 g/mol. The van der Waals surface area contributed by atoms with Crippen molar-refractivity contribution in [3.05, 3.63) is 59.7 Å². The van der Waals surface area contributed by atoms with E-state index in [4.69, 9.17) is 4.74 Å². The fraction of sp³-hybridized carbons (Fsp3) is 0.370. The lowest BCUT2D eigenvalue weighted by atomic mass is 9.86. The summed E-state index contributed by atoms with van der Waals surface area (Å²) in [5.41, 5.74) is 3.68. The maximum atomic E-state index is 12.8. The van der Waals surface area contributed by atoms with Gasteiger partial charge in [0.2, 0.25) is 5.91 Å². The van der Waals surface area contributed by atoms with Crippen LogP contribution in [0.25, 0.3) is 11.1 Å². The normalized spacial score (nSPS) is 14.0. The van der Waals surface area contributed by atoms with Gasteiger partial charge >= 0.3 is 12.1 Å². The Hall–Kier alpha value is -3.79. The number of benzene rings is 2. The van der Waals surface area contributed by atoms with E-state index in [1.54, 1.807) is 27.7 Å². The zero-order chi connectivity index (χ0) is 24.9. The summed E-state index contributed by atoms with van der Waals surface area (Å²) in [5, 5.41) is 14.6. The van der Waals surface area contributed by atoms with Crippen LogP contribution in [0.2, 0.25) is 0 Å². The number of fused-ring (bicyclic) bond motifs is 3. The number of amides is 2. The molecule has 1 aliphatic rings. The molecule has 3 rings (SSSR count).